The van der Waals surface area contributed by atoms with Crippen LogP contribution in [0.4, 0.5) is 0 Å². The molecule has 0 aromatic carbocycles. The van der Waals surface area contributed by atoms with Gasteiger partial charge in [0.05, 0.1) is 11.4 Å². The minimum absolute atomic E-state index is 0. The molecule has 0 saturated heterocycles. The summed E-state index contributed by atoms with van der Waals surface area (Å²) in [5.74, 6) is 0. The van der Waals surface area contributed by atoms with E-state index < -0.39 is 0 Å². The van der Waals surface area contributed by atoms with Gasteiger partial charge in [-0.2, -0.15) is 0 Å². The summed E-state index contributed by atoms with van der Waals surface area (Å²) in [5, 5.41) is 0. The van der Waals surface area contributed by atoms with E-state index in [-0.39, 0.29) is 30.3 Å². The molecule has 0 amide bonds. The third-order valence-electron chi connectivity index (χ3n) is 3.51. The Morgan fingerprint density at radius 1 is 0.667 bits per heavy atom. The van der Waals surface area contributed by atoms with Crippen molar-refractivity contribution in [2.75, 3.05) is 0 Å². The van der Waals surface area contributed by atoms with Gasteiger partial charge in [-0.15, -0.1) is 0 Å². The average Bonchev–Trinajstić information content (AvgIpc) is 2.37. The normalized spacial score (nSPS) is 11.9. The molecule has 0 N–H and O–H groups in total. The Balaban J connectivity index is 0.00000220. The number of hydrogen-bond donors (Lipinski definition) is 0. The van der Waals surface area contributed by atoms with Gasteiger partial charge in [-0.1, -0.05) is 41.5 Å². The second-order valence-electron chi connectivity index (χ2n) is 7.36. The molecule has 0 atom stereocenters. The summed E-state index contributed by atoms with van der Waals surface area (Å²) in [5.41, 5.74) is 4.71. The van der Waals surface area contributed by atoms with Crippen LogP contribution < -0.4 is 0 Å². The van der Waals surface area contributed by atoms with E-state index in [1.807, 2.05) is 12.4 Å². The van der Waals surface area contributed by atoms with Crippen LogP contribution in [0.1, 0.15) is 52.7 Å². The van der Waals surface area contributed by atoms with E-state index in [1.54, 1.807) is 0 Å². The summed E-state index contributed by atoms with van der Waals surface area (Å²) in [7, 11) is 0. The van der Waals surface area contributed by atoms with Crippen molar-refractivity contribution < 1.29 is 19.5 Å². The molecule has 0 aliphatic rings. The molecule has 2 nitrogen and oxygen atoms in total. The Morgan fingerprint density at radius 3 is 1.29 bits per heavy atom. The molecule has 2 aromatic rings. The quantitative estimate of drug-likeness (QED) is 0.679. The van der Waals surface area contributed by atoms with Crippen molar-refractivity contribution in [2.45, 2.75) is 52.4 Å². The average molecular weight is 369 g/mol. The molecule has 21 heavy (non-hydrogen) atoms. The Morgan fingerprint density at radius 2 is 1.00 bits per heavy atom. The first-order chi connectivity index (χ1) is 9.18. The van der Waals surface area contributed by atoms with Crippen molar-refractivity contribution in [1.82, 2.24) is 9.97 Å². The predicted molar refractivity (Wildman–Crippen MR) is 84.9 cm³/mol. The van der Waals surface area contributed by atoms with E-state index in [0.29, 0.717) is 0 Å². The SMILES string of the molecule is CC(C)(C)c1ccnc(-c2cc(C(C)(C)C)ccn2)c1.[Ru+3]. The van der Waals surface area contributed by atoms with E-state index >= 15 is 0 Å². The number of hydrogen-bond acceptors (Lipinski definition) is 2. The number of rotatable bonds is 1. The molecule has 0 saturated carbocycles. The second-order valence-corrected chi connectivity index (χ2v) is 7.36. The van der Waals surface area contributed by atoms with Gasteiger partial charge in [-0.25, -0.2) is 0 Å². The fourth-order valence-corrected chi connectivity index (χ4v) is 2.07. The molecule has 2 aromatic heterocycles. The van der Waals surface area contributed by atoms with Gasteiger partial charge in [0, 0.05) is 12.4 Å². The molecule has 0 aliphatic carbocycles. The van der Waals surface area contributed by atoms with Crippen LogP contribution in [0, 0.1) is 0 Å². The van der Waals surface area contributed by atoms with E-state index in [2.05, 4.69) is 75.8 Å². The minimum atomic E-state index is 0. The maximum Gasteiger partial charge on any atom is 3.00 e. The van der Waals surface area contributed by atoms with Gasteiger partial charge in [-0.05, 0) is 46.2 Å². The van der Waals surface area contributed by atoms with Crippen LogP contribution in [0.25, 0.3) is 11.4 Å². The van der Waals surface area contributed by atoms with Crippen molar-refractivity contribution >= 4 is 0 Å². The Bertz CT molecular complexity index is 552. The van der Waals surface area contributed by atoms with Crippen LogP contribution in [-0.2, 0) is 30.3 Å². The van der Waals surface area contributed by atoms with Gasteiger partial charge in [0.1, 0.15) is 0 Å². The second kappa shape index (κ2) is 6.36. The molecule has 0 unspecified atom stereocenters. The van der Waals surface area contributed by atoms with E-state index in [4.69, 9.17) is 0 Å². The molecule has 0 spiro atoms. The molecular formula is C18H24N2Ru+3. The fraction of sp³-hybridized carbons (Fsp3) is 0.444. The molecular weight excluding hydrogens is 345 g/mol. The molecule has 0 fully saturated rings. The van der Waals surface area contributed by atoms with Crippen LogP contribution in [-0.4, -0.2) is 9.97 Å². The van der Waals surface area contributed by atoms with Crippen molar-refractivity contribution in [3.8, 4) is 11.4 Å². The first-order valence-electron chi connectivity index (χ1n) is 7.11. The Hall–Kier alpha value is -1.08. The molecule has 0 aliphatic heterocycles. The number of pyridine rings is 2. The number of nitrogens with zero attached hydrogens (tertiary/aromatic N) is 2. The zero-order valence-corrected chi connectivity index (χ0v) is 15.5. The van der Waals surface area contributed by atoms with Gasteiger partial charge in [0.25, 0.3) is 0 Å². The molecule has 1 radical (unpaired) electrons. The Kier molecular flexibility index (Phi) is 5.44. The van der Waals surface area contributed by atoms with Crippen LogP contribution in [0.5, 0.6) is 0 Å². The van der Waals surface area contributed by atoms with E-state index in [0.717, 1.165) is 11.4 Å². The fourth-order valence-electron chi connectivity index (χ4n) is 2.07. The maximum atomic E-state index is 4.48. The largest absolute Gasteiger partial charge is 3.00 e. The van der Waals surface area contributed by atoms with Crippen LogP contribution >= 0.6 is 0 Å². The van der Waals surface area contributed by atoms with Gasteiger partial charge in [0.15, 0.2) is 0 Å². The molecule has 111 valence electrons. The zero-order valence-electron chi connectivity index (χ0n) is 13.7. The van der Waals surface area contributed by atoms with E-state index in [9.17, 15) is 0 Å². The van der Waals surface area contributed by atoms with Crippen molar-refractivity contribution in [1.29, 1.82) is 0 Å². The van der Waals surface area contributed by atoms with Crippen molar-refractivity contribution in [2.24, 2.45) is 0 Å². The summed E-state index contributed by atoms with van der Waals surface area (Å²) in [4.78, 5) is 8.97. The summed E-state index contributed by atoms with van der Waals surface area (Å²) in [6.45, 7) is 13.3. The topological polar surface area (TPSA) is 25.8 Å². The van der Waals surface area contributed by atoms with Crippen LogP contribution in [0.3, 0.4) is 0 Å². The zero-order chi connectivity index (χ0) is 15.0. The standard InChI is InChI=1S/C18H24N2.Ru/c1-17(2,3)13-7-9-19-15(11-13)16-12-14(8-10-20-16)18(4,5)6;/h7-12H,1-6H3;/q;+3. The minimum Gasteiger partial charge on any atom is -0.255 e. The third kappa shape index (κ3) is 4.44. The molecule has 0 bridgehead atoms. The molecule has 2 heterocycles. The van der Waals surface area contributed by atoms with Gasteiger partial charge in [-0.3, -0.25) is 9.97 Å². The summed E-state index contributed by atoms with van der Waals surface area (Å²) in [6, 6.07) is 8.46. The van der Waals surface area contributed by atoms with Crippen molar-refractivity contribution in [3.05, 3.63) is 47.8 Å². The Labute approximate surface area is 141 Å². The monoisotopic (exact) mass is 370 g/mol. The van der Waals surface area contributed by atoms with Crippen molar-refractivity contribution in [3.63, 3.8) is 0 Å². The smallest absolute Gasteiger partial charge is 0.255 e. The summed E-state index contributed by atoms with van der Waals surface area (Å²) in [6.07, 6.45) is 3.75. The molecule has 3 heteroatoms. The maximum absolute atomic E-state index is 4.48. The van der Waals surface area contributed by atoms with Gasteiger partial charge < -0.3 is 0 Å². The van der Waals surface area contributed by atoms with Gasteiger partial charge >= 0.3 is 19.5 Å². The first-order valence-corrected chi connectivity index (χ1v) is 7.11. The predicted octanol–water partition coefficient (Wildman–Crippen LogP) is 4.74. The first kappa shape index (κ1) is 18.0. The van der Waals surface area contributed by atoms with Gasteiger partial charge in [0.2, 0.25) is 0 Å². The summed E-state index contributed by atoms with van der Waals surface area (Å²) >= 11 is 0. The van der Waals surface area contributed by atoms with Crippen LogP contribution in [0.2, 0.25) is 0 Å². The number of aromatic nitrogens is 2. The van der Waals surface area contributed by atoms with Crippen LogP contribution in [0.15, 0.2) is 36.7 Å². The third-order valence-corrected chi connectivity index (χ3v) is 3.51. The van der Waals surface area contributed by atoms with E-state index in [1.165, 1.54) is 11.1 Å². The summed E-state index contributed by atoms with van der Waals surface area (Å²) < 4.78 is 0. The molecule has 2 rings (SSSR count).